The van der Waals surface area contributed by atoms with E-state index in [2.05, 4.69) is 26.3 Å². The highest BCUT2D eigenvalue weighted by Gasteiger charge is 2.29. The maximum absolute atomic E-state index is 13.3. The summed E-state index contributed by atoms with van der Waals surface area (Å²) in [5.41, 5.74) is 2.79. The summed E-state index contributed by atoms with van der Waals surface area (Å²) in [6, 6.07) is 5.30. The van der Waals surface area contributed by atoms with Gasteiger partial charge in [0.15, 0.2) is 12.2 Å². The molecule has 0 aromatic carbocycles. The van der Waals surface area contributed by atoms with Gasteiger partial charge in [0.2, 0.25) is 0 Å². The Kier molecular flexibility index (Phi) is 7.22. The van der Waals surface area contributed by atoms with Crippen LogP contribution in [0.4, 0.5) is 22.1 Å². The second-order valence-corrected chi connectivity index (χ2v) is 9.29. The molecule has 2 aromatic rings. The zero-order chi connectivity index (χ0) is 26.6. The summed E-state index contributed by atoms with van der Waals surface area (Å²) in [6.07, 6.45) is 4.44. The average Bonchev–Trinajstić information content (AvgIpc) is 3.61. The van der Waals surface area contributed by atoms with Crippen molar-refractivity contribution in [1.29, 1.82) is 5.26 Å². The topological polar surface area (TPSA) is 141 Å². The molecule has 2 saturated heterocycles. The summed E-state index contributed by atoms with van der Waals surface area (Å²) in [6.45, 7) is 2.98. The number of ether oxygens (including phenoxy) is 2. The Bertz CT molecular complexity index is 1350. The van der Waals surface area contributed by atoms with E-state index in [0.29, 0.717) is 73.8 Å². The maximum atomic E-state index is 13.3. The molecule has 3 aliphatic rings. The molecule has 5 heterocycles. The maximum Gasteiger partial charge on any atom is 0.328 e. The zero-order valence-electron chi connectivity index (χ0n) is 21.0. The number of aromatic nitrogens is 2. The molecule has 12 nitrogen and oxygen atoms in total. The van der Waals surface area contributed by atoms with Crippen LogP contribution in [0, 0.1) is 11.3 Å². The van der Waals surface area contributed by atoms with E-state index in [-0.39, 0.29) is 24.2 Å². The first-order chi connectivity index (χ1) is 18.5. The van der Waals surface area contributed by atoms with Crippen LogP contribution >= 0.6 is 0 Å². The largest absolute Gasteiger partial charge is 0.469 e. The Hall–Kier alpha value is -4.46. The van der Waals surface area contributed by atoms with Gasteiger partial charge in [0, 0.05) is 51.1 Å². The van der Waals surface area contributed by atoms with E-state index in [9.17, 15) is 19.6 Å². The first-order valence-corrected chi connectivity index (χ1v) is 12.4. The molecule has 2 fully saturated rings. The van der Waals surface area contributed by atoms with E-state index < -0.39 is 6.03 Å². The van der Waals surface area contributed by atoms with Crippen molar-refractivity contribution in [3.8, 4) is 6.07 Å². The minimum Gasteiger partial charge on any atom is -0.469 e. The first kappa shape index (κ1) is 25.2. The number of rotatable bonds is 6. The number of anilines is 3. The molecule has 3 aliphatic heterocycles. The molecule has 0 aliphatic carbocycles. The Morgan fingerprint density at radius 2 is 2.21 bits per heavy atom. The van der Waals surface area contributed by atoms with Crippen molar-refractivity contribution >= 4 is 35.6 Å². The number of aldehydes is 1. The fraction of sp³-hybridized carbons (Fsp3) is 0.423. The van der Waals surface area contributed by atoms with Crippen LogP contribution in [0.2, 0.25) is 0 Å². The number of nitriles is 1. The second-order valence-electron chi connectivity index (χ2n) is 9.29. The smallest absolute Gasteiger partial charge is 0.328 e. The molecule has 1 atom stereocenters. The number of fused-ring (bicyclic) bond motifs is 1. The molecule has 0 unspecified atom stereocenters. The van der Waals surface area contributed by atoms with E-state index >= 15 is 0 Å². The molecule has 5 rings (SSSR count). The molecule has 2 aromatic heterocycles. The van der Waals surface area contributed by atoms with Gasteiger partial charge in [-0.05, 0) is 30.9 Å². The SMILES string of the molecule is CO[C@H]1CCN(c2cc(NC(=O)N3CCCc4cc(CN5CCOC5=C=O)c(C=O)nc43)ncc2C#N)C1. The highest BCUT2D eigenvalue weighted by atomic mass is 16.5. The van der Waals surface area contributed by atoms with E-state index in [1.54, 1.807) is 24.0 Å². The molecule has 12 heteroatoms. The van der Waals surface area contributed by atoms with E-state index in [0.717, 1.165) is 18.5 Å². The fourth-order valence-corrected chi connectivity index (χ4v) is 5.06. The van der Waals surface area contributed by atoms with Crippen molar-refractivity contribution in [2.75, 3.05) is 55.0 Å². The van der Waals surface area contributed by atoms with Gasteiger partial charge >= 0.3 is 6.03 Å². The molecule has 0 radical (unpaired) electrons. The Balaban J connectivity index is 1.37. The summed E-state index contributed by atoms with van der Waals surface area (Å²) in [5.74, 6) is 2.62. The number of aryl methyl sites for hydroxylation is 1. The number of nitrogens with one attached hydrogen (secondary N) is 1. The fourth-order valence-electron chi connectivity index (χ4n) is 5.06. The number of amides is 2. The number of urea groups is 1. The Morgan fingerprint density at radius 3 is 2.95 bits per heavy atom. The highest BCUT2D eigenvalue weighted by Crippen LogP contribution is 2.30. The Labute approximate surface area is 219 Å². The van der Waals surface area contributed by atoms with Gasteiger partial charge in [-0.1, -0.05) is 0 Å². The number of carbonyl (C=O) groups is 2. The summed E-state index contributed by atoms with van der Waals surface area (Å²) in [5, 5.41) is 12.4. The number of hydrogen-bond donors (Lipinski definition) is 1. The summed E-state index contributed by atoms with van der Waals surface area (Å²) >= 11 is 0. The van der Waals surface area contributed by atoms with Gasteiger partial charge in [0.05, 0.1) is 23.9 Å². The number of hydrogen-bond acceptors (Lipinski definition) is 10. The molecule has 0 saturated carbocycles. The lowest BCUT2D eigenvalue weighted by Crippen LogP contribution is -2.40. The van der Waals surface area contributed by atoms with Crippen molar-refractivity contribution in [3.05, 3.63) is 46.6 Å². The minimum absolute atomic E-state index is 0.0830. The lowest BCUT2D eigenvalue weighted by atomic mass is 10.0. The van der Waals surface area contributed by atoms with Gasteiger partial charge in [-0.25, -0.2) is 19.6 Å². The first-order valence-electron chi connectivity index (χ1n) is 12.4. The molecule has 0 bridgehead atoms. The van der Waals surface area contributed by atoms with Crippen molar-refractivity contribution < 1.29 is 23.9 Å². The van der Waals surface area contributed by atoms with Gasteiger partial charge in [0.1, 0.15) is 30.0 Å². The lowest BCUT2D eigenvalue weighted by molar-refractivity contribution is 0.111. The third-order valence-corrected chi connectivity index (χ3v) is 7.02. The third-order valence-electron chi connectivity index (χ3n) is 7.02. The van der Waals surface area contributed by atoms with E-state index in [1.807, 2.05) is 6.07 Å². The molecule has 2 amide bonds. The molecular weight excluding hydrogens is 490 g/mol. The monoisotopic (exact) mass is 517 g/mol. The van der Waals surface area contributed by atoms with Crippen molar-refractivity contribution in [3.63, 3.8) is 0 Å². The van der Waals surface area contributed by atoms with Gasteiger partial charge in [-0.2, -0.15) is 5.26 Å². The average molecular weight is 518 g/mol. The van der Waals surface area contributed by atoms with Crippen molar-refractivity contribution in [2.45, 2.75) is 31.9 Å². The minimum atomic E-state index is -0.429. The van der Waals surface area contributed by atoms with Gasteiger partial charge in [0.25, 0.3) is 5.88 Å². The van der Waals surface area contributed by atoms with Gasteiger partial charge in [-0.15, -0.1) is 0 Å². The van der Waals surface area contributed by atoms with Crippen molar-refractivity contribution in [2.24, 2.45) is 0 Å². The highest BCUT2D eigenvalue weighted by molar-refractivity contribution is 6.02. The lowest BCUT2D eigenvalue weighted by Gasteiger charge is -2.29. The van der Waals surface area contributed by atoms with Crippen LogP contribution in [0.3, 0.4) is 0 Å². The normalized spacial score (nSPS) is 18.5. The molecule has 0 spiro atoms. The van der Waals surface area contributed by atoms with Crippen molar-refractivity contribution in [1.82, 2.24) is 14.9 Å². The second kappa shape index (κ2) is 10.9. The van der Waals surface area contributed by atoms with Crippen LogP contribution in [0.25, 0.3) is 0 Å². The van der Waals surface area contributed by atoms with Crippen LogP contribution in [-0.2, 0) is 27.2 Å². The van der Waals surface area contributed by atoms with Gasteiger partial charge < -0.3 is 19.3 Å². The zero-order valence-corrected chi connectivity index (χ0v) is 21.0. The van der Waals surface area contributed by atoms with Crippen LogP contribution in [-0.4, -0.2) is 79.1 Å². The number of methoxy groups -OCH3 is 1. The molecule has 1 N–H and O–H groups in total. The summed E-state index contributed by atoms with van der Waals surface area (Å²) in [7, 11) is 1.67. The number of nitrogens with zero attached hydrogens (tertiary/aromatic N) is 6. The van der Waals surface area contributed by atoms with Crippen LogP contribution in [0.5, 0.6) is 0 Å². The number of carbonyl (C=O) groups excluding carboxylic acids is 3. The predicted octanol–water partition coefficient (Wildman–Crippen LogP) is 1.88. The Morgan fingerprint density at radius 1 is 1.34 bits per heavy atom. The molecular formula is C26H27N7O5. The molecule has 196 valence electrons. The number of pyridine rings is 2. The third kappa shape index (κ3) is 4.89. The summed E-state index contributed by atoms with van der Waals surface area (Å²) in [4.78, 5) is 50.4. The van der Waals surface area contributed by atoms with Gasteiger partial charge in [-0.3, -0.25) is 15.0 Å². The standard InChI is InChI=1S/C26H27N7O5/c1-37-20-4-6-31(14-20)22-10-23(28-12-19(22)11-27)30-26(36)33-5-2-3-17-9-18(21(15-34)29-25(17)33)13-32-7-8-38-24(32)16-35/h9-10,12,15,20H,2-8,13-14H2,1H3,(H,28,30,36)/t20-/m0/s1. The van der Waals surface area contributed by atoms with Crippen LogP contribution < -0.4 is 15.1 Å². The van der Waals surface area contributed by atoms with Crippen LogP contribution in [0.15, 0.2) is 24.2 Å². The van der Waals surface area contributed by atoms with E-state index in [1.165, 1.54) is 11.1 Å². The quantitative estimate of drug-likeness (QED) is 0.446. The predicted molar refractivity (Wildman–Crippen MR) is 136 cm³/mol. The van der Waals surface area contributed by atoms with Crippen LogP contribution in [0.1, 0.15) is 40.0 Å². The summed E-state index contributed by atoms with van der Waals surface area (Å²) < 4.78 is 10.7. The van der Waals surface area contributed by atoms with E-state index in [4.69, 9.17) is 9.47 Å². The molecule has 38 heavy (non-hydrogen) atoms.